The molecule has 0 aromatic carbocycles. The Bertz CT molecular complexity index is 441. The monoisotopic (exact) mass is 227 g/mol. The van der Waals surface area contributed by atoms with E-state index in [2.05, 4.69) is 86.3 Å². The van der Waals surface area contributed by atoms with E-state index in [0.29, 0.717) is 0 Å². The fourth-order valence-electron chi connectivity index (χ4n) is 1.97. The third-order valence-electron chi connectivity index (χ3n) is 2.68. The van der Waals surface area contributed by atoms with Crippen LogP contribution in [-0.4, -0.2) is 22.0 Å². The van der Waals surface area contributed by atoms with Crippen LogP contribution in [0, 0.1) is 0 Å². The predicted molar refractivity (Wildman–Crippen MR) is 66.6 cm³/mol. The van der Waals surface area contributed by atoms with Crippen molar-refractivity contribution in [2.24, 2.45) is 0 Å². The highest BCUT2D eigenvalue weighted by Gasteiger charge is 2.15. The molecule has 0 aliphatic rings. The SMILES string of the molecule is c1ccn([SiH](n2cccc2)n2cccc2)c1. The van der Waals surface area contributed by atoms with Gasteiger partial charge in [-0.3, -0.25) is 0 Å². The van der Waals surface area contributed by atoms with Crippen LogP contribution in [-0.2, 0) is 0 Å². The topological polar surface area (TPSA) is 14.8 Å². The minimum Gasteiger partial charge on any atom is -0.348 e. The van der Waals surface area contributed by atoms with E-state index in [1.807, 2.05) is 0 Å². The second-order valence-corrected chi connectivity index (χ2v) is 6.22. The van der Waals surface area contributed by atoms with Gasteiger partial charge in [0.1, 0.15) is 0 Å². The van der Waals surface area contributed by atoms with Gasteiger partial charge in [0, 0.05) is 0 Å². The zero-order valence-electron chi connectivity index (χ0n) is 8.85. The highest BCUT2D eigenvalue weighted by atomic mass is 28.3. The molecule has 0 bridgehead atoms. The minimum atomic E-state index is -1.41. The molecule has 4 heteroatoms. The Labute approximate surface area is 96.0 Å². The fraction of sp³-hybridized carbons (Fsp3) is 0. The first kappa shape index (κ1) is 9.29. The minimum absolute atomic E-state index is 1.41. The van der Waals surface area contributed by atoms with Gasteiger partial charge >= 0.3 is 9.28 Å². The van der Waals surface area contributed by atoms with Crippen molar-refractivity contribution in [3.8, 4) is 0 Å². The number of nitrogens with zero attached hydrogens (tertiary/aromatic N) is 3. The Hall–Kier alpha value is -1.94. The van der Waals surface area contributed by atoms with Crippen LogP contribution in [0.25, 0.3) is 0 Å². The van der Waals surface area contributed by atoms with Crippen LogP contribution < -0.4 is 0 Å². The Balaban J connectivity index is 2.09. The van der Waals surface area contributed by atoms with Crippen molar-refractivity contribution in [3.63, 3.8) is 0 Å². The van der Waals surface area contributed by atoms with Gasteiger partial charge in [0.25, 0.3) is 0 Å². The normalized spacial score (nSPS) is 11.1. The molecule has 80 valence electrons. The molecule has 0 fully saturated rings. The summed E-state index contributed by atoms with van der Waals surface area (Å²) >= 11 is 0. The smallest absolute Gasteiger partial charge is 0.348 e. The molecule has 3 nitrogen and oxygen atoms in total. The van der Waals surface area contributed by atoms with Gasteiger partial charge in [0.05, 0.1) is 0 Å². The molecular formula is C12H13N3Si. The lowest BCUT2D eigenvalue weighted by Gasteiger charge is -2.19. The van der Waals surface area contributed by atoms with E-state index < -0.39 is 9.28 Å². The van der Waals surface area contributed by atoms with E-state index in [4.69, 9.17) is 0 Å². The highest BCUT2D eigenvalue weighted by molar-refractivity contribution is 6.53. The lowest BCUT2D eigenvalue weighted by atomic mass is 10.7. The quantitative estimate of drug-likeness (QED) is 0.606. The Morgan fingerprint density at radius 2 is 0.688 bits per heavy atom. The van der Waals surface area contributed by atoms with Gasteiger partial charge in [0.15, 0.2) is 0 Å². The van der Waals surface area contributed by atoms with E-state index in [9.17, 15) is 0 Å². The summed E-state index contributed by atoms with van der Waals surface area (Å²) < 4.78 is 6.92. The zero-order valence-corrected chi connectivity index (χ0v) is 10.0. The van der Waals surface area contributed by atoms with E-state index in [-0.39, 0.29) is 0 Å². The fourth-order valence-corrected chi connectivity index (χ4v) is 4.41. The average molecular weight is 227 g/mol. The molecular weight excluding hydrogens is 214 g/mol. The third-order valence-corrected chi connectivity index (χ3v) is 5.32. The molecule has 0 unspecified atom stereocenters. The molecule has 16 heavy (non-hydrogen) atoms. The van der Waals surface area contributed by atoms with Gasteiger partial charge in [-0.25, -0.2) is 0 Å². The molecule has 0 N–H and O–H groups in total. The molecule has 3 aromatic rings. The lowest BCUT2D eigenvalue weighted by molar-refractivity contribution is 0.965. The van der Waals surface area contributed by atoms with Crippen molar-refractivity contribution in [1.82, 2.24) is 12.7 Å². The lowest BCUT2D eigenvalue weighted by Crippen LogP contribution is -2.39. The van der Waals surface area contributed by atoms with Gasteiger partial charge in [0.2, 0.25) is 0 Å². The maximum atomic E-state index is 2.31. The Morgan fingerprint density at radius 3 is 0.938 bits per heavy atom. The summed E-state index contributed by atoms with van der Waals surface area (Å²) in [6, 6.07) is 12.5. The number of aromatic nitrogens is 3. The molecule has 0 spiro atoms. The van der Waals surface area contributed by atoms with Crippen LogP contribution in [0.2, 0.25) is 0 Å². The van der Waals surface area contributed by atoms with Crippen LogP contribution in [0.4, 0.5) is 0 Å². The first-order valence-electron chi connectivity index (χ1n) is 5.32. The maximum absolute atomic E-state index is 2.31. The molecule has 3 rings (SSSR count). The summed E-state index contributed by atoms with van der Waals surface area (Å²) in [6.07, 6.45) is 12.8. The van der Waals surface area contributed by atoms with E-state index in [1.54, 1.807) is 0 Å². The summed E-state index contributed by atoms with van der Waals surface area (Å²) in [6.45, 7) is 0. The second-order valence-electron chi connectivity index (χ2n) is 3.74. The van der Waals surface area contributed by atoms with Crippen LogP contribution >= 0.6 is 0 Å². The molecule has 3 heterocycles. The first-order valence-corrected chi connectivity index (χ1v) is 6.87. The molecule has 0 amide bonds. The summed E-state index contributed by atoms with van der Waals surface area (Å²) in [7, 11) is -1.41. The number of rotatable bonds is 3. The van der Waals surface area contributed by atoms with E-state index >= 15 is 0 Å². The summed E-state index contributed by atoms with van der Waals surface area (Å²) in [4.78, 5) is 0. The van der Waals surface area contributed by atoms with Crippen LogP contribution in [0.3, 0.4) is 0 Å². The molecule has 0 saturated heterocycles. The molecule has 0 radical (unpaired) electrons. The highest BCUT2D eigenvalue weighted by Crippen LogP contribution is 2.03. The van der Waals surface area contributed by atoms with Crippen molar-refractivity contribution < 1.29 is 0 Å². The van der Waals surface area contributed by atoms with Gasteiger partial charge in [-0.15, -0.1) is 0 Å². The third kappa shape index (κ3) is 1.53. The van der Waals surface area contributed by atoms with E-state index in [0.717, 1.165) is 0 Å². The van der Waals surface area contributed by atoms with Crippen LogP contribution in [0.15, 0.2) is 73.6 Å². The largest absolute Gasteiger partial charge is 0.374 e. The van der Waals surface area contributed by atoms with Crippen molar-refractivity contribution in [2.45, 2.75) is 0 Å². The van der Waals surface area contributed by atoms with Crippen molar-refractivity contribution in [3.05, 3.63) is 73.6 Å². The Kier molecular flexibility index (Phi) is 2.27. The summed E-state index contributed by atoms with van der Waals surface area (Å²) in [5.41, 5.74) is 0. The van der Waals surface area contributed by atoms with Gasteiger partial charge in [-0.1, -0.05) is 0 Å². The van der Waals surface area contributed by atoms with Gasteiger partial charge < -0.3 is 12.7 Å². The standard InChI is InChI=1S/C12H13N3Si/c1-2-8-13(7-1)16(14-9-3-4-10-14)15-11-5-6-12-15/h1-12,16H. The molecule has 3 aromatic heterocycles. The summed E-state index contributed by atoms with van der Waals surface area (Å²) in [5.74, 6) is 0. The van der Waals surface area contributed by atoms with Crippen LogP contribution in [0.1, 0.15) is 0 Å². The second kappa shape index (κ2) is 3.90. The zero-order chi connectivity index (χ0) is 10.8. The Morgan fingerprint density at radius 1 is 0.438 bits per heavy atom. The summed E-state index contributed by atoms with van der Waals surface area (Å²) in [5, 5.41) is 0. The van der Waals surface area contributed by atoms with Gasteiger partial charge in [-0.2, -0.15) is 0 Å². The average Bonchev–Trinajstić information content (AvgIpc) is 3.02. The van der Waals surface area contributed by atoms with Crippen molar-refractivity contribution in [2.75, 3.05) is 0 Å². The molecule has 0 atom stereocenters. The van der Waals surface area contributed by atoms with Crippen LogP contribution in [0.5, 0.6) is 0 Å². The predicted octanol–water partition coefficient (Wildman–Crippen LogP) is 1.75. The van der Waals surface area contributed by atoms with E-state index in [1.165, 1.54) is 0 Å². The molecule has 0 aliphatic heterocycles. The van der Waals surface area contributed by atoms with Crippen molar-refractivity contribution in [1.29, 1.82) is 0 Å². The van der Waals surface area contributed by atoms with Gasteiger partial charge in [-0.05, 0) is 73.6 Å². The van der Waals surface area contributed by atoms with Crippen molar-refractivity contribution >= 4 is 9.28 Å². The number of hydrogen-bond acceptors (Lipinski definition) is 0. The molecule has 0 saturated carbocycles. The maximum Gasteiger partial charge on any atom is 0.374 e. The molecule has 0 aliphatic carbocycles. The first-order chi connectivity index (χ1) is 7.95. The number of hydrogen-bond donors (Lipinski definition) is 0.